The van der Waals surface area contributed by atoms with E-state index in [9.17, 15) is 4.79 Å². The van der Waals surface area contributed by atoms with E-state index in [0.29, 0.717) is 6.42 Å². The molecule has 1 radical (unpaired) electrons. The molecule has 0 aliphatic rings. The van der Waals surface area contributed by atoms with E-state index in [0.717, 1.165) is 29.9 Å². The Balaban J connectivity index is 2.62. The van der Waals surface area contributed by atoms with Crippen molar-refractivity contribution in [3.05, 3.63) is 29.8 Å². The Labute approximate surface area is 102 Å². The summed E-state index contributed by atoms with van der Waals surface area (Å²) in [6.07, 6.45) is 8.14. The van der Waals surface area contributed by atoms with Gasteiger partial charge in [-0.1, -0.05) is 18.2 Å². The van der Waals surface area contributed by atoms with Crippen molar-refractivity contribution in [2.24, 2.45) is 0 Å². The summed E-state index contributed by atoms with van der Waals surface area (Å²) in [5, 5.41) is 0. The van der Waals surface area contributed by atoms with Crippen LogP contribution in [0.4, 0.5) is 0 Å². The molecule has 0 amide bonds. The monoisotopic (exact) mass is 233 g/mol. The van der Waals surface area contributed by atoms with Crippen molar-refractivity contribution < 1.29 is 14.3 Å². The number of ether oxygens (including phenoxy) is 2. The van der Waals surface area contributed by atoms with Gasteiger partial charge in [-0.05, 0) is 30.5 Å². The lowest BCUT2D eigenvalue weighted by molar-refractivity contribution is 0.355. The van der Waals surface area contributed by atoms with Gasteiger partial charge >= 0.3 is 0 Å². The number of allylic oxidation sites excluding steroid dienone is 1. The maximum Gasteiger partial charge on any atom is 0.198 e. The molecule has 0 fully saturated rings. The number of methoxy groups -OCH3 is 2. The Kier molecular flexibility index (Phi) is 5.86. The second-order valence-electron chi connectivity index (χ2n) is 3.55. The van der Waals surface area contributed by atoms with Crippen LogP contribution in [0.25, 0.3) is 6.08 Å². The summed E-state index contributed by atoms with van der Waals surface area (Å²) < 4.78 is 10.4. The molecule has 91 valence electrons. The highest BCUT2D eigenvalue weighted by Gasteiger charge is 2.02. The second kappa shape index (κ2) is 7.49. The fraction of sp³-hybridized carbons (Fsp3) is 0.357. The zero-order valence-electron chi connectivity index (χ0n) is 10.2. The summed E-state index contributed by atoms with van der Waals surface area (Å²) >= 11 is 0. The quantitative estimate of drug-likeness (QED) is 0.679. The van der Waals surface area contributed by atoms with Gasteiger partial charge in [0.2, 0.25) is 0 Å². The van der Waals surface area contributed by atoms with Gasteiger partial charge in [-0.15, -0.1) is 0 Å². The van der Waals surface area contributed by atoms with Crippen LogP contribution in [0.1, 0.15) is 24.8 Å². The third-order valence-electron chi connectivity index (χ3n) is 2.37. The van der Waals surface area contributed by atoms with Crippen LogP contribution < -0.4 is 9.47 Å². The van der Waals surface area contributed by atoms with E-state index in [2.05, 4.69) is 0 Å². The Bertz CT molecular complexity index is 383. The highest BCUT2D eigenvalue weighted by atomic mass is 16.5. The molecular formula is C14H17O3. The number of hydrogen-bond acceptors (Lipinski definition) is 3. The standard InChI is InChI=1S/C14H17O3/c1-16-13-9-8-12(11-14(13)17-2)7-5-3-4-6-10-15/h5,7-9,11H,3-4,6H2,1-2H3/b7-5+. The zero-order chi connectivity index (χ0) is 12.5. The van der Waals surface area contributed by atoms with Gasteiger partial charge in [-0.3, -0.25) is 4.79 Å². The fourth-order valence-electron chi connectivity index (χ4n) is 1.47. The first-order chi connectivity index (χ1) is 8.31. The van der Waals surface area contributed by atoms with Crippen LogP contribution in [0.15, 0.2) is 24.3 Å². The molecule has 0 saturated heterocycles. The molecule has 3 nitrogen and oxygen atoms in total. The summed E-state index contributed by atoms with van der Waals surface area (Å²) in [5.74, 6) is 1.44. The van der Waals surface area contributed by atoms with Crippen LogP contribution in [-0.4, -0.2) is 20.5 Å². The van der Waals surface area contributed by atoms with Crippen molar-refractivity contribution in [2.45, 2.75) is 19.3 Å². The molecule has 0 aromatic heterocycles. The van der Waals surface area contributed by atoms with E-state index in [1.54, 1.807) is 14.2 Å². The van der Waals surface area contributed by atoms with Crippen LogP contribution in [0.3, 0.4) is 0 Å². The Hall–Kier alpha value is -1.77. The maximum absolute atomic E-state index is 10.0. The van der Waals surface area contributed by atoms with Gasteiger partial charge < -0.3 is 9.47 Å². The predicted octanol–water partition coefficient (Wildman–Crippen LogP) is 3.00. The van der Waals surface area contributed by atoms with Gasteiger partial charge in [-0.25, -0.2) is 0 Å². The second-order valence-corrected chi connectivity index (χ2v) is 3.55. The molecule has 0 saturated carbocycles. The van der Waals surface area contributed by atoms with E-state index in [1.165, 1.54) is 0 Å². The number of unbranched alkanes of at least 4 members (excludes halogenated alkanes) is 2. The number of hydrogen-bond donors (Lipinski definition) is 0. The highest BCUT2D eigenvalue weighted by Crippen LogP contribution is 2.27. The van der Waals surface area contributed by atoms with E-state index in [1.807, 2.05) is 36.6 Å². The molecular weight excluding hydrogens is 216 g/mol. The van der Waals surface area contributed by atoms with Crippen LogP contribution >= 0.6 is 0 Å². The third kappa shape index (κ3) is 4.31. The van der Waals surface area contributed by atoms with Crippen molar-refractivity contribution >= 4 is 12.4 Å². The van der Waals surface area contributed by atoms with Crippen LogP contribution in [0.2, 0.25) is 0 Å². The van der Waals surface area contributed by atoms with Gasteiger partial charge in [0.1, 0.15) is 0 Å². The van der Waals surface area contributed by atoms with Gasteiger partial charge in [0, 0.05) is 6.42 Å². The average molecular weight is 233 g/mol. The van der Waals surface area contributed by atoms with Crippen molar-refractivity contribution in [3.63, 3.8) is 0 Å². The van der Waals surface area contributed by atoms with Crippen LogP contribution in [0, 0.1) is 0 Å². The van der Waals surface area contributed by atoms with E-state index in [-0.39, 0.29) is 0 Å². The molecule has 0 N–H and O–H groups in total. The maximum atomic E-state index is 10.0. The zero-order valence-corrected chi connectivity index (χ0v) is 10.2. The topological polar surface area (TPSA) is 35.5 Å². The summed E-state index contributed by atoms with van der Waals surface area (Å²) in [6.45, 7) is 0. The molecule has 1 rings (SSSR count). The Morgan fingerprint density at radius 1 is 1.24 bits per heavy atom. The average Bonchev–Trinajstić information content (AvgIpc) is 2.38. The van der Waals surface area contributed by atoms with E-state index in [4.69, 9.17) is 9.47 Å². The third-order valence-corrected chi connectivity index (χ3v) is 2.37. The molecule has 0 aliphatic carbocycles. The normalized spacial score (nSPS) is 10.5. The Morgan fingerprint density at radius 3 is 2.65 bits per heavy atom. The van der Waals surface area contributed by atoms with Gasteiger partial charge in [0.25, 0.3) is 0 Å². The van der Waals surface area contributed by atoms with Gasteiger partial charge in [-0.2, -0.15) is 0 Å². The predicted molar refractivity (Wildman–Crippen MR) is 68.1 cm³/mol. The molecule has 0 heterocycles. The molecule has 0 atom stereocenters. The minimum atomic E-state index is 0.496. The lowest BCUT2D eigenvalue weighted by atomic mass is 10.1. The molecule has 0 unspecified atom stereocenters. The smallest absolute Gasteiger partial charge is 0.198 e. The molecule has 0 bridgehead atoms. The molecule has 1 aromatic rings. The largest absolute Gasteiger partial charge is 0.493 e. The van der Waals surface area contributed by atoms with Crippen molar-refractivity contribution in [3.8, 4) is 11.5 Å². The molecule has 17 heavy (non-hydrogen) atoms. The van der Waals surface area contributed by atoms with Gasteiger partial charge in [0.15, 0.2) is 17.8 Å². The van der Waals surface area contributed by atoms with Crippen LogP contribution in [0.5, 0.6) is 11.5 Å². The Morgan fingerprint density at radius 2 is 2.00 bits per heavy atom. The molecule has 0 aliphatic heterocycles. The SMILES string of the molecule is COc1ccc(/C=C/CCC[C]=O)cc1OC. The first kappa shape index (κ1) is 13.3. The minimum Gasteiger partial charge on any atom is -0.493 e. The number of rotatable bonds is 7. The highest BCUT2D eigenvalue weighted by molar-refractivity contribution is 5.56. The van der Waals surface area contributed by atoms with Crippen molar-refractivity contribution in [2.75, 3.05) is 14.2 Å². The van der Waals surface area contributed by atoms with E-state index >= 15 is 0 Å². The van der Waals surface area contributed by atoms with Crippen LogP contribution in [-0.2, 0) is 4.79 Å². The summed E-state index contributed by atoms with van der Waals surface area (Å²) in [6, 6.07) is 5.75. The van der Waals surface area contributed by atoms with Gasteiger partial charge in [0.05, 0.1) is 14.2 Å². The molecule has 0 spiro atoms. The summed E-state index contributed by atoms with van der Waals surface area (Å²) in [5.41, 5.74) is 1.05. The fourth-order valence-corrected chi connectivity index (χ4v) is 1.47. The summed E-state index contributed by atoms with van der Waals surface area (Å²) in [4.78, 5) is 10.0. The van der Waals surface area contributed by atoms with Crippen molar-refractivity contribution in [1.82, 2.24) is 0 Å². The molecule has 3 heteroatoms. The number of carbonyl (C=O) groups excluding carboxylic acids is 1. The molecule has 1 aromatic carbocycles. The minimum absolute atomic E-state index is 0.496. The van der Waals surface area contributed by atoms with Crippen molar-refractivity contribution in [1.29, 1.82) is 0 Å². The lowest BCUT2D eigenvalue weighted by Crippen LogP contribution is -1.90. The number of benzene rings is 1. The lowest BCUT2D eigenvalue weighted by Gasteiger charge is -2.07. The first-order valence-corrected chi connectivity index (χ1v) is 5.55. The van der Waals surface area contributed by atoms with E-state index < -0.39 is 0 Å². The summed E-state index contributed by atoms with van der Waals surface area (Å²) in [7, 11) is 3.23. The first-order valence-electron chi connectivity index (χ1n) is 5.55.